The Balaban J connectivity index is 1.49. The maximum Gasteiger partial charge on any atom is 0.410 e. The van der Waals surface area contributed by atoms with Crippen LogP contribution in [-0.4, -0.2) is 59.1 Å². The molecule has 0 radical (unpaired) electrons. The van der Waals surface area contributed by atoms with E-state index in [1.165, 1.54) is 6.07 Å². The average molecular weight is 373 g/mol. The van der Waals surface area contributed by atoms with E-state index in [2.05, 4.69) is 4.98 Å². The largest absolute Gasteiger partial charge is 0.441 e. The highest BCUT2D eigenvalue weighted by Gasteiger charge is 2.44. The summed E-state index contributed by atoms with van der Waals surface area (Å²) < 4.78 is 19.6. The summed E-state index contributed by atoms with van der Waals surface area (Å²) in [6.45, 7) is 3.66. The summed E-state index contributed by atoms with van der Waals surface area (Å²) in [5.41, 5.74) is 1.65. The van der Waals surface area contributed by atoms with E-state index in [1.807, 2.05) is 17.9 Å². The normalized spacial score (nSPS) is 23.1. The van der Waals surface area contributed by atoms with Gasteiger partial charge in [0.05, 0.1) is 18.5 Å². The van der Waals surface area contributed by atoms with Crippen LogP contribution in [-0.2, 0) is 16.0 Å². The predicted octanol–water partition coefficient (Wildman–Crippen LogP) is 2.99. The van der Waals surface area contributed by atoms with E-state index < -0.39 is 5.60 Å². The lowest BCUT2D eigenvalue weighted by Gasteiger charge is -2.25. The standard InChI is InChI=1S/C20H24FN3O3/c1-13-15(14-5-3-6-16(21)18(14)22-13)11-17(25)24-9-4-7-20(8-10-24)12-23(2)19(26)27-20/h3,5-6,22H,4,7-12H2,1-2H3/t20-/m0/s1. The zero-order chi connectivity index (χ0) is 19.2. The molecule has 2 saturated heterocycles. The number of aromatic amines is 1. The number of nitrogens with one attached hydrogen (secondary N) is 1. The Morgan fingerprint density at radius 3 is 2.89 bits per heavy atom. The molecule has 0 aliphatic carbocycles. The summed E-state index contributed by atoms with van der Waals surface area (Å²) in [5, 5.41) is 0.762. The van der Waals surface area contributed by atoms with Gasteiger partial charge < -0.3 is 19.5 Å². The summed E-state index contributed by atoms with van der Waals surface area (Å²) in [4.78, 5) is 31.2. The van der Waals surface area contributed by atoms with Gasteiger partial charge >= 0.3 is 6.09 Å². The van der Waals surface area contributed by atoms with Crippen LogP contribution >= 0.6 is 0 Å². The van der Waals surface area contributed by atoms with Crippen molar-refractivity contribution in [1.29, 1.82) is 0 Å². The molecule has 0 saturated carbocycles. The smallest absolute Gasteiger partial charge is 0.410 e. The number of para-hydroxylation sites is 1. The number of fused-ring (bicyclic) bond motifs is 1. The molecule has 1 aromatic heterocycles. The number of aryl methyl sites for hydroxylation is 1. The van der Waals surface area contributed by atoms with Crippen LogP contribution in [0.2, 0.25) is 0 Å². The molecule has 144 valence electrons. The molecule has 1 atom stereocenters. The molecule has 2 aliphatic rings. The van der Waals surface area contributed by atoms with Crippen molar-refractivity contribution in [2.45, 2.75) is 38.2 Å². The van der Waals surface area contributed by atoms with Crippen molar-refractivity contribution in [3.05, 3.63) is 35.3 Å². The van der Waals surface area contributed by atoms with Crippen molar-refractivity contribution >= 4 is 22.9 Å². The third kappa shape index (κ3) is 3.15. The summed E-state index contributed by atoms with van der Waals surface area (Å²) in [5.74, 6) is -0.281. The third-order valence-corrected chi connectivity index (χ3v) is 5.82. The number of halogens is 1. The molecule has 2 amide bonds. The Hall–Kier alpha value is -2.57. The van der Waals surface area contributed by atoms with Crippen molar-refractivity contribution in [2.24, 2.45) is 0 Å². The minimum absolute atomic E-state index is 0.0259. The van der Waals surface area contributed by atoms with Crippen molar-refractivity contribution < 1.29 is 18.7 Å². The Morgan fingerprint density at radius 2 is 2.15 bits per heavy atom. The highest BCUT2D eigenvalue weighted by molar-refractivity contribution is 5.90. The van der Waals surface area contributed by atoms with E-state index in [0.717, 1.165) is 29.5 Å². The highest BCUT2D eigenvalue weighted by atomic mass is 19.1. The van der Waals surface area contributed by atoms with Gasteiger partial charge in [-0.15, -0.1) is 0 Å². The zero-order valence-corrected chi connectivity index (χ0v) is 15.7. The number of hydrogen-bond acceptors (Lipinski definition) is 3. The minimum Gasteiger partial charge on any atom is -0.441 e. The quantitative estimate of drug-likeness (QED) is 0.880. The molecule has 1 spiro atoms. The van der Waals surface area contributed by atoms with Gasteiger partial charge in [0.2, 0.25) is 5.91 Å². The van der Waals surface area contributed by atoms with E-state index in [0.29, 0.717) is 31.6 Å². The molecule has 1 aromatic carbocycles. The summed E-state index contributed by atoms with van der Waals surface area (Å²) >= 11 is 0. The first kappa shape index (κ1) is 17.8. The molecule has 2 aromatic rings. The number of rotatable bonds is 2. The number of nitrogens with zero attached hydrogens (tertiary/aromatic N) is 2. The van der Waals surface area contributed by atoms with E-state index in [4.69, 9.17) is 4.74 Å². The molecule has 0 bridgehead atoms. The van der Waals surface area contributed by atoms with Crippen molar-refractivity contribution in [2.75, 3.05) is 26.7 Å². The fourth-order valence-electron chi connectivity index (χ4n) is 4.33. The Labute approximate surface area is 157 Å². The second-order valence-electron chi connectivity index (χ2n) is 7.71. The van der Waals surface area contributed by atoms with Gasteiger partial charge in [0.15, 0.2) is 0 Å². The average Bonchev–Trinajstić information content (AvgIpc) is 2.99. The van der Waals surface area contributed by atoms with Crippen LogP contribution in [0.4, 0.5) is 9.18 Å². The van der Waals surface area contributed by atoms with E-state index in [9.17, 15) is 14.0 Å². The number of hydrogen-bond donors (Lipinski definition) is 1. The summed E-state index contributed by atoms with van der Waals surface area (Å²) in [6.07, 6.45) is 2.17. The van der Waals surface area contributed by atoms with Gasteiger partial charge in [-0.2, -0.15) is 0 Å². The van der Waals surface area contributed by atoms with Crippen LogP contribution in [0, 0.1) is 12.7 Å². The number of benzene rings is 1. The molecule has 27 heavy (non-hydrogen) atoms. The number of carbonyl (C=O) groups excluding carboxylic acids is 2. The lowest BCUT2D eigenvalue weighted by atomic mass is 9.95. The third-order valence-electron chi connectivity index (χ3n) is 5.82. The van der Waals surface area contributed by atoms with E-state index in [1.54, 1.807) is 18.0 Å². The summed E-state index contributed by atoms with van der Waals surface area (Å²) in [7, 11) is 1.74. The van der Waals surface area contributed by atoms with Crippen LogP contribution < -0.4 is 0 Å². The monoisotopic (exact) mass is 373 g/mol. The SMILES string of the molecule is Cc1[nH]c2c(F)cccc2c1CC(=O)N1CCC[C@]2(CC1)CN(C)C(=O)O2. The summed E-state index contributed by atoms with van der Waals surface area (Å²) in [6, 6.07) is 4.92. The molecule has 3 heterocycles. The van der Waals surface area contributed by atoms with Gasteiger partial charge in [0.1, 0.15) is 11.4 Å². The Morgan fingerprint density at radius 1 is 1.33 bits per heavy atom. The molecule has 4 rings (SSSR count). The molecule has 6 nitrogen and oxygen atoms in total. The minimum atomic E-state index is -0.472. The van der Waals surface area contributed by atoms with Crippen molar-refractivity contribution in [1.82, 2.24) is 14.8 Å². The second kappa shape index (κ2) is 6.55. The van der Waals surface area contributed by atoms with Gasteiger partial charge in [0.25, 0.3) is 0 Å². The zero-order valence-electron chi connectivity index (χ0n) is 15.7. The maximum atomic E-state index is 14.0. The molecule has 0 unspecified atom stereocenters. The van der Waals surface area contributed by atoms with Crippen molar-refractivity contribution in [3.8, 4) is 0 Å². The Bertz CT molecular complexity index is 909. The van der Waals surface area contributed by atoms with Gasteiger partial charge in [-0.1, -0.05) is 12.1 Å². The fraction of sp³-hybridized carbons (Fsp3) is 0.500. The number of likely N-dealkylation sites (N-methyl/N-ethyl adjacent to an activating group) is 1. The number of likely N-dealkylation sites (tertiary alicyclic amines) is 1. The lowest BCUT2D eigenvalue weighted by molar-refractivity contribution is -0.130. The highest BCUT2D eigenvalue weighted by Crippen LogP contribution is 2.33. The van der Waals surface area contributed by atoms with Gasteiger partial charge in [-0.05, 0) is 31.4 Å². The van der Waals surface area contributed by atoms with Gasteiger partial charge in [-0.25, -0.2) is 9.18 Å². The van der Waals surface area contributed by atoms with Crippen LogP contribution in [0.5, 0.6) is 0 Å². The number of aromatic nitrogens is 1. The first-order valence-corrected chi connectivity index (χ1v) is 9.36. The molecule has 2 aliphatic heterocycles. The Kier molecular flexibility index (Phi) is 4.32. The first-order valence-electron chi connectivity index (χ1n) is 9.36. The fourth-order valence-corrected chi connectivity index (χ4v) is 4.33. The molecular weight excluding hydrogens is 349 g/mol. The van der Waals surface area contributed by atoms with E-state index >= 15 is 0 Å². The van der Waals surface area contributed by atoms with E-state index in [-0.39, 0.29) is 24.2 Å². The number of H-pyrrole nitrogens is 1. The molecule has 2 fully saturated rings. The molecule has 1 N–H and O–H groups in total. The van der Waals surface area contributed by atoms with Gasteiger partial charge in [0, 0.05) is 37.6 Å². The molecule has 7 heteroatoms. The van der Waals surface area contributed by atoms with Crippen LogP contribution in [0.1, 0.15) is 30.5 Å². The van der Waals surface area contributed by atoms with Crippen LogP contribution in [0.25, 0.3) is 10.9 Å². The van der Waals surface area contributed by atoms with Gasteiger partial charge in [-0.3, -0.25) is 4.79 Å². The molecular formula is C20H24FN3O3. The topological polar surface area (TPSA) is 65.6 Å². The second-order valence-corrected chi connectivity index (χ2v) is 7.71. The number of carbonyl (C=O) groups is 2. The van der Waals surface area contributed by atoms with Crippen molar-refractivity contribution in [3.63, 3.8) is 0 Å². The van der Waals surface area contributed by atoms with Crippen LogP contribution in [0.15, 0.2) is 18.2 Å². The number of ether oxygens (including phenoxy) is 1. The van der Waals surface area contributed by atoms with Crippen LogP contribution in [0.3, 0.4) is 0 Å². The number of amides is 2. The maximum absolute atomic E-state index is 14.0. The predicted molar refractivity (Wildman–Crippen MR) is 99.0 cm³/mol. The first-order chi connectivity index (χ1) is 12.9. The lowest BCUT2D eigenvalue weighted by Crippen LogP contribution is -2.37.